The minimum absolute atomic E-state index is 0. The summed E-state index contributed by atoms with van der Waals surface area (Å²) in [6.45, 7) is 2.95. The molecule has 0 aliphatic rings. The summed E-state index contributed by atoms with van der Waals surface area (Å²) in [5.41, 5.74) is 0. The van der Waals surface area contributed by atoms with E-state index in [-0.39, 0.29) is 20.3 Å². The van der Waals surface area contributed by atoms with Crippen LogP contribution in [0.2, 0.25) is 0 Å². The Morgan fingerprint density at radius 1 is 0.947 bits per heavy atom. The first-order valence-electron chi connectivity index (χ1n) is 3.98. The molecule has 12 heteroatoms. The summed E-state index contributed by atoms with van der Waals surface area (Å²) >= 11 is 0. The van der Waals surface area contributed by atoms with Crippen LogP contribution in [0.1, 0.15) is 1.43 Å². The molecule has 0 saturated carbocycles. The molecule has 0 aliphatic carbocycles. The summed E-state index contributed by atoms with van der Waals surface area (Å²) in [6, 6.07) is 0. The molecule has 0 saturated heterocycles. The van der Waals surface area contributed by atoms with Crippen molar-refractivity contribution in [2.75, 3.05) is 0 Å². The van der Waals surface area contributed by atoms with E-state index in [4.69, 9.17) is 10.2 Å². The Labute approximate surface area is 119 Å². The molecule has 0 rings (SSSR count). The molecule has 19 heavy (non-hydrogen) atoms. The monoisotopic (exact) mass is 268 g/mol. The minimum Gasteiger partial charge on any atom is -1.00 e. The van der Waals surface area contributed by atoms with Crippen LogP contribution in [0.15, 0.2) is 12.7 Å². The molecule has 0 aromatic heterocycles. The molecule has 0 unspecified atom stereocenters. The topological polar surface area (TPSA) is 154 Å². The van der Waals surface area contributed by atoms with Crippen LogP contribution in [0.5, 0.6) is 0 Å². The molecule has 0 aliphatic heterocycles. The van der Waals surface area contributed by atoms with Gasteiger partial charge < -0.3 is 25.6 Å². The van der Waals surface area contributed by atoms with Crippen molar-refractivity contribution in [3.8, 4) is 0 Å². The summed E-state index contributed by atoms with van der Waals surface area (Å²) in [4.78, 5) is 52.1. The van der Waals surface area contributed by atoms with Gasteiger partial charge in [0.1, 0.15) is 0 Å². The predicted octanol–water partition coefficient (Wildman–Crippen LogP) is -4.93. The fourth-order valence-corrected chi connectivity index (χ4v) is 0.491. The van der Waals surface area contributed by atoms with Crippen molar-refractivity contribution in [2.24, 2.45) is 0 Å². The summed E-state index contributed by atoms with van der Waals surface area (Å²) in [7, 11) is -2.44. The van der Waals surface area contributed by atoms with Crippen molar-refractivity contribution in [2.45, 2.75) is 0 Å². The maximum Gasteiger partial charge on any atom is 1.00 e. The molecule has 98 valence electrons. The summed E-state index contributed by atoms with van der Waals surface area (Å²) < 4.78 is 11.8. The Hall–Kier alpha value is -2.25. The van der Waals surface area contributed by atoms with Gasteiger partial charge in [0.2, 0.25) is 0 Å². The second-order valence-electron chi connectivity index (χ2n) is 2.35. The van der Waals surface area contributed by atoms with Crippen molar-refractivity contribution in [3.05, 3.63) is 12.7 Å². The van der Waals surface area contributed by atoms with E-state index in [1.165, 1.54) is 0 Å². The van der Waals surface area contributed by atoms with Crippen molar-refractivity contribution < 1.29 is 68.4 Å². The van der Waals surface area contributed by atoms with E-state index in [0.717, 1.165) is 0 Å². The fourth-order valence-electron chi connectivity index (χ4n) is 0.491. The van der Waals surface area contributed by atoms with E-state index < -0.39 is 37.2 Å². The Balaban J connectivity index is -0.00000144. The van der Waals surface area contributed by atoms with E-state index in [0.29, 0.717) is 6.08 Å². The number of aliphatic carboxylic acids is 2. The normalized spacial score (nSPS) is 8.21. The van der Waals surface area contributed by atoms with Gasteiger partial charge in [-0.05, 0) is 0 Å². The van der Waals surface area contributed by atoms with Crippen molar-refractivity contribution in [1.82, 2.24) is 0 Å². The molecule has 0 fully saturated rings. The van der Waals surface area contributed by atoms with Gasteiger partial charge >= 0.3 is 56.0 Å². The molecular formula is C7H6BLiO10. The number of carboxylic acids is 2. The SMILES string of the molecule is C=CC(=O)OB(OC(=O)C(=O)O)OC(=O)C(=O)O.[H-].[Li+]. The number of carbonyl (C=O) groups excluding carboxylic acids is 3. The molecule has 0 spiro atoms. The van der Waals surface area contributed by atoms with E-state index in [1.807, 2.05) is 0 Å². The maximum atomic E-state index is 10.7. The Bertz CT molecular complexity index is 396. The Morgan fingerprint density at radius 2 is 1.32 bits per heavy atom. The van der Waals surface area contributed by atoms with Gasteiger partial charge in [-0.1, -0.05) is 6.58 Å². The van der Waals surface area contributed by atoms with Crippen molar-refractivity contribution in [3.63, 3.8) is 0 Å². The van der Waals surface area contributed by atoms with E-state index in [1.54, 1.807) is 0 Å². The van der Waals surface area contributed by atoms with Gasteiger partial charge in [0.15, 0.2) is 0 Å². The van der Waals surface area contributed by atoms with Gasteiger partial charge in [0.25, 0.3) is 0 Å². The van der Waals surface area contributed by atoms with Gasteiger partial charge in [0.05, 0.1) is 0 Å². The third-order valence-electron chi connectivity index (χ3n) is 1.13. The first-order chi connectivity index (χ1) is 8.27. The molecule has 0 bridgehead atoms. The zero-order valence-corrected chi connectivity index (χ0v) is 9.52. The van der Waals surface area contributed by atoms with Crippen LogP contribution in [0.3, 0.4) is 0 Å². The van der Waals surface area contributed by atoms with Gasteiger partial charge in [0, 0.05) is 6.08 Å². The summed E-state index contributed by atoms with van der Waals surface area (Å²) in [6.07, 6.45) is 0.580. The second-order valence-corrected chi connectivity index (χ2v) is 2.35. The molecule has 0 radical (unpaired) electrons. The number of hydrogen-bond acceptors (Lipinski definition) is 8. The van der Waals surface area contributed by atoms with E-state index in [9.17, 15) is 24.0 Å². The average Bonchev–Trinajstić information content (AvgIpc) is 2.27. The maximum absolute atomic E-state index is 10.7. The third-order valence-corrected chi connectivity index (χ3v) is 1.13. The quantitative estimate of drug-likeness (QED) is 0.288. The summed E-state index contributed by atoms with van der Waals surface area (Å²) in [5.74, 6) is -9.22. The number of carbonyl (C=O) groups is 5. The third kappa shape index (κ3) is 7.64. The smallest absolute Gasteiger partial charge is 1.00 e. The molecule has 0 heterocycles. The number of rotatable bonds is 4. The van der Waals surface area contributed by atoms with Crippen LogP contribution in [-0.2, 0) is 37.9 Å². The van der Waals surface area contributed by atoms with Gasteiger partial charge in [-0.15, -0.1) is 0 Å². The van der Waals surface area contributed by atoms with Crippen LogP contribution < -0.4 is 18.9 Å². The summed E-state index contributed by atoms with van der Waals surface area (Å²) in [5, 5.41) is 16.3. The molecule has 0 atom stereocenters. The van der Waals surface area contributed by atoms with Crippen LogP contribution >= 0.6 is 0 Å². The average molecular weight is 268 g/mol. The Morgan fingerprint density at radius 3 is 1.58 bits per heavy atom. The zero-order valence-electron chi connectivity index (χ0n) is 10.5. The minimum atomic E-state index is -2.44. The first-order valence-corrected chi connectivity index (χ1v) is 3.98. The van der Waals surface area contributed by atoms with E-state index in [2.05, 4.69) is 20.5 Å². The van der Waals surface area contributed by atoms with E-state index >= 15 is 0 Å². The fraction of sp³-hybridized carbons (Fsp3) is 0. The van der Waals surface area contributed by atoms with Gasteiger partial charge in [-0.25, -0.2) is 24.0 Å². The number of hydrogen-bond donors (Lipinski definition) is 2. The molecule has 0 aromatic rings. The van der Waals surface area contributed by atoms with Crippen LogP contribution in [-0.4, -0.2) is 47.4 Å². The first kappa shape index (κ1) is 19.1. The van der Waals surface area contributed by atoms with Gasteiger partial charge in [-0.2, -0.15) is 0 Å². The van der Waals surface area contributed by atoms with Gasteiger partial charge in [-0.3, -0.25) is 0 Å². The molecule has 2 N–H and O–H groups in total. The molecule has 0 amide bonds. The van der Waals surface area contributed by atoms with Crippen LogP contribution in [0.4, 0.5) is 0 Å². The zero-order chi connectivity index (χ0) is 14.3. The van der Waals surface area contributed by atoms with Crippen LogP contribution in [0, 0.1) is 0 Å². The van der Waals surface area contributed by atoms with Crippen molar-refractivity contribution in [1.29, 1.82) is 0 Å². The molecule has 10 nitrogen and oxygen atoms in total. The molecule has 0 aromatic carbocycles. The number of carboxylic acid groups (broad SMARTS) is 2. The second kappa shape index (κ2) is 8.79. The Kier molecular flexibility index (Phi) is 8.83. The standard InChI is InChI=1S/C7H5BO10.Li.H/c1-2-3(9)16-8(17-6(14)4(10)11)18-7(15)5(12)13;;/h2H,1H2,(H,10,11)(H,12,13);;/q;+1;-1. The van der Waals surface area contributed by atoms with Crippen molar-refractivity contribution >= 4 is 37.2 Å². The molecular weight excluding hydrogens is 262 g/mol. The predicted molar refractivity (Wildman–Crippen MR) is 50.6 cm³/mol. The van der Waals surface area contributed by atoms with Crippen LogP contribution in [0.25, 0.3) is 0 Å². The largest absolute Gasteiger partial charge is 1.00 e.